The van der Waals surface area contributed by atoms with Gasteiger partial charge in [-0.2, -0.15) is 0 Å². The molecule has 1 amide bonds. The van der Waals surface area contributed by atoms with Gasteiger partial charge in [0.1, 0.15) is 0 Å². The predicted molar refractivity (Wildman–Crippen MR) is 117 cm³/mol. The Kier molecular flexibility index (Phi) is 9.73. The molecule has 1 atom stereocenters. The number of benzene rings is 1. The van der Waals surface area contributed by atoms with Gasteiger partial charge in [0, 0.05) is 19.1 Å². The van der Waals surface area contributed by atoms with Gasteiger partial charge in [-0.05, 0) is 56.5 Å². The van der Waals surface area contributed by atoms with E-state index >= 15 is 0 Å². The lowest BCUT2D eigenvalue weighted by atomic mass is 10.00. The van der Waals surface area contributed by atoms with Gasteiger partial charge in [-0.3, -0.25) is 9.59 Å². The van der Waals surface area contributed by atoms with Crippen LogP contribution >= 0.6 is 23.2 Å². The number of ether oxygens (including phenoxy) is 1. The van der Waals surface area contributed by atoms with E-state index in [9.17, 15) is 9.59 Å². The lowest BCUT2D eigenvalue weighted by Gasteiger charge is -2.37. The zero-order chi connectivity index (χ0) is 21.4. The number of rotatable bonds is 10. The van der Waals surface area contributed by atoms with Crippen molar-refractivity contribution in [3.63, 3.8) is 0 Å². The summed E-state index contributed by atoms with van der Waals surface area (Å²) in [6, 6.07) is 5.30. The lowest BCUT2D eigenvalue weighted by Crippen LogP contribution is -2.50. The number of carbonyl (C=O) groups is 2. The highest BCUT2D eigenvalue weighted by Crippen LogP contribution is 2.24. The van der Waals surface area contributed by atoms with E-state index in [1.165, 1.54) is 12.8 Å². The molecule has 0 bridgehead atoms. The number of amides is 1. The lowest BCUT2D eigenvalue weighted by molar-refractivity contribution is -0.144. The largest absolute Gasteiger partial charge is 0.466 e. The number of carbonyl (C=O) groups excluding carboxylic acids is 2. The molecule has 1 aromatic carbocycles. The SMILES string of the molecule is CCOC(=O)CCN(C(=O)Cc1ccc(Cl)c(Cl)c1)[C@H](CN1CCCC1)C(C)C. The minimum Gasteiger partial charge on any atom is -0.466 e. The Morgan fingerprint density at radius 3 is 2.45 bits per heavy atom. The van der Waals surface area contributed by atoms with Gasteiger partial charge in [0.2, 0.25) is 5.91 Å². The van der Waals surface area contributed by atoms with Crippen LogP contribution in [-0.4, -0.2) is 60.5 Å². The molecule has 5 nitrogen and oxygen atoms in total. The molecule has 0 N–H and O–H groups in total. The Hall–Kier alpha value is -1.30. The van der Waals surface area contributed by atoms with Crippen molar-refractivity contribution in [2.24, 2.45) is 5.92 Å². The molecule has 0 saturated carbocycles. The fraction of sp³-hybridized carbons (Fsp3) is 0.636. The monoisotopic (exact) mass is 442 g/mol. The van der Waals surface area contributed by atoms with Gasteiger partial charge in [0.05, 0.1) is 29.5 Å². The van der Waals surface area contributed by atoms with Crippen molar-refractivity contribution in [2.45, 2.75) is 52.5 Å². The molecule has 1 fully saturated rings. The number of hydrogen-bond donors (Lipinski definition) is 0. The molecule has 1 heterocycles. The molecule has 0 spiro atoms. The first kappa shape index (κ1) is 24.0. The highest BCUT2D eigenvalue weighted by molar-refractivity contribution is 6.42. The van der Waals surface area contributed by atoms with E-state index in [4.69, 9.17) is 27.9 Å². The van der Waals surface area contributed by atoms with E-state index in [0.717, 1.165) is 25.2 Å². The summed E-state index contributed by atoms with van der Waals surface area (Å²) in [5, 5.41) is 0.906. The summed E-state index contributed by atoms with van der Waals surface area (Å²) in [5.41, 5.74) is 0.814. The number of hydrogen-bond acceptors (Lipinski definition) is 4. The van der Waals surface area contributed by atoms with Gasteiger partial charge in [-0.25, -0.2) is 0 Å². The van der Waals surface area contributed by atoms with Crippen molar-refractivity contribution in [3.05, 3.63) is 33.8 Å². The molecule has 29 heavy (non-hydrogen) atoms. The molecule has 1 saturated heterocycles. The first-order valence-electron chi connectivity index (χ1n) is 10.4. The van der Waals surface area contributed by atoms with E-state index in [2.05, 4.69) is 18.7 Å². The quantitative estimate of drug-likeness (QED) is 0.502. The minimum atomic E-state index is -0.275. The van der Waals surface area contributed by atoms with Crippen LogP contribution in [0, 0.1) is 5.92 Å². The van der Waals surface area contributed by atoms with Gasteiger partial charge >= 0.3 is 5.97 Å². The normalized spacial score (nSPS) is 15.5. The summed E-state index contributed by atoms with van der Waals surface area (Å²) in [6.45, 7) is 9.71. The number of nitrogens with zero attached hydrogens (tertiary/aromatic N) is 2. The molecule has 1 aliphatic rings. The molecule has 1 aromatic rings. The van der Waals surface area contributed by atoms with Crippen molar-refractivity contribution in [3.8, 4) is 0 Å². The van der Waals surface area contributed by atoms with Gasteiger partial charge < -0.3 is 14.5 Å². The standard InChI is InChI=1S/C22H32Cl2N2O3/c1-4-29-22(28)9-12-26(20(16(2)3)15-25-10-5-6-11-25)21(27)14-17-7-8-18(23)19(24)13-17/h7-8,13,16,20H,4-6,9-12,14-15H2,1-3H3/t20-/m1/s1. The fourth-order valence-electron chi connectivity index (χ4n) is 3.75. The third kappa shape index (κ3) is 7.47. The van der Waals surface area contributed by atoms with Gasteiger partial charge in [-0.1, -0.05) is 43.1 Å². The Labute approximate surface area is 184 Å². The van der Waals surface area contributed by atoms with Crippen LogP contribution in [0.4, 0.5) is 0 Å². The topological polar surface area (TPSA) is 49.9 Å². The molecule has 0 radical (unpaired) electrons. The highest BCUT2D eigenvalue weighted by atomic mass is 35.5. The third-order valence-corrected chi connectivity index (χ3v) is 6.07. The van der Waals surface area contributed by atoms with E-state index in [1.807, 2.05) is 11.0 Å². The van der Waals surface area contributed by atoms with Gasteiger partial charge in [-0.15, -0.1) is 0 Å². The van der Waals surface area contributed by atoms with E-state index < -0.39 is 0 Å². The van der Waals surface area contributed by atoms with Crippen LogP contribution in [0.25, 0.3) is 0 Å². The van der Waals surface area contributed by atoms with Crippen LogP contribution in [0.1, 0.15) is 45.6 Å². The molecule has 7 heteroatoms. The zero-order valence-electron chi connectivity index (χ0n) is 17.6. The summed E-state index contributed by atoms with van der Waals surface area (Å²) in [7, 11) is 0. The van der Waals surface area contributed by atoms with E-state index in [0.29, 0.717) is 23.2 Å². The fourth-order valence-corrected chi connectivity index (χ4v) is 4.07. The van der Waals surface area contributed by atoms with E-state index in [-0.39, 0.29) is 36.7 Å². The van der Waals surface area contributed by atoms with Crippen molar-refractivity contribution in [2.75, 3.05) is 32.8 Å². The maximum atomic E-state index is 13.3. The van der Waals surface area contributed by atoms with Crippen LogP contribution in [-0.2, 0) is 20.7 Å². The summed E-state index contributed by atoms with van der Waals surface area (Å²) in [4.78, 5) is 29.5. The summed E-state index contributed by atoms with van der Waals surface area (Å²) in [6.07, 6.45) is 2.82. The van der Waals surface area contributed by atoms with Crippen molar-refractivity contribution < 1.29 is 14.3 Å². The van der Waals surface area contributed by atoms with Crippen LogP contribution in [0.2, 0.25) is 10.0 Å². The second kappa shape index (κ2) is 11.8. The van der Waals surface area contributed by atoms with Crippen LogP contribution < -0.4 is 0 Å². The maximum Gasteiger partial charge on any atom is 0.307 e. The van der Waals surface area contributed by atoms with Crippen LogP contribution in [0.3, 0.4) is 0 Å². The average Bonchev–Trinajstić information content (AvgIpc) is 3.17. The first-order valence-corrected chi connectivity index (χ1v) is 11.2. The smallest absolute Gasteiger partial charge is 0.307 e. The number of esters is 1. The molecule has 162 valence electrons. The third-order valence-electron chi connectivity index (χ3n) is 5.34. The summed E-state index contributed by atoms with van der Waals surface area (Å²) in [5.74, 6) is -0.00958. The van der Waals surface area contributed by atoms with E-state index in [1.54, 1.807) is 19.1 Å². The van der Waals surface area contributed by atoms with Crippen LogP contribution in [0.15, 0.2) is 18.2 Å². The molecule has 2 rings (SSSR count). The molecular weight excluding hydrogens is 411 g/mol. The molecule has 0 unspecified atom stereocenters. The molecule has 0 aromatic heterocycles. The molecule has 0 aliphatic carbocycles. The number of halogens is 2. The summed E-state index contributed by atoms with van der Waals surface area (Å²) < 4.78 is 5.07. The Morgan fingerprint density at radius 1 is 1.17 bits per heavy atom. The number of likely N-dealkylation sites (tertiary alicyclic amines) is 1. The Balaban J connectivity index is 2.16. The average molecular weight is 443 g/mol. The van der Waals surface area contributed by atoms with Crippen molar-refractivity contribution >= 4 is 35.1 Å². The van der Waals surface area contributed by atoms with Crippen LogP contribution in [0.5, 0.6) is 0 Å². The molecule has 1 aliphatic heterocycles. The Bertz CT molecular complexity index is 691. The van der Waals surface area contributed by atoms with Crippen molar-refractivity contribution in [1.29, 1.82) is 0 Å². The van der Waals surface area contributed by atoms with Gasteiger partial charge in [0.15, 0.2) is 0 Å². The maximum absolute atomic E-state index is 13.3. The predicted octanol–water partition coefficient (Wildman–Crippen LogP) is 4.44. The zero-order valence-corrected chi connectivity index (χ0v) is 19.1. The second-order valence-electron chi connectivity index (χ2n) is 7.89. The summed E-state index contributed by atoms with van der Waals surface area (Å²) >= 11 is 12.1. The Morgan fingerprint density at radius 2 is 1.86 bits per heavy atom. The van der Waals surface area contributed by atoms with Crippen molar-refractivity contribution in [1.82, 2.24) is 9.80 Å². The van der Waals surface area contributed by atoms with Gasteiger partial charge in [0.25, 0.3) is 0 Å². The molecular formula is C22H32Cl2N2O3. The first-order chi connectivity index (χ1) is 13.8. The minimum absolute atomic E-state index is 0.00872. The highest BCUT2D eigenvalue weighted by Gasteiger charge is 2.29. The second-order valence-corrected chi connectivity index (χ2v) is 8.70.